The molecule has 0 aliphatic rings. The van der Waals surface area contributed by atoms with Gasteiger partial charge in [-0.05, 0) is 17.7 Å². The zero-order valence-electron chi connectivity index (χ0n) is 10.8. The number of para-hydroxylation sites is 1. The lowest BCUT2D eigenvalue weighted by Gasteiger charge is -2.01. The van der Waals surface area contributed by atoms with E-state index >= 15 is 0 Å². The number of non-ortho nitro benzene ring substituents is 1. The van der Waals surface area contributed by atoms with Crippen molar-refractivity contribution in [1.29, 1.82) is 0 Å². The van der Waals surface area contributed by atoms with Crippen LogP contribution in [0.25, 0.3) is 11.0 Å². The van der Waals surface area contributed by atoms with E-state index in [0.717, 1.165) is 0 Å². The predicted molar refractivity (Wildman–Crippen MR) is 75.0 cm³/mol. The van der Waals surface area contributed by atoms with E-state index in [1.807, 2.05) is 6.07 Å². The lowest BCUT2D eigenvalue weighted by molar-refractivity contribution is -0.384. The minimum Gasteiger partial charge on any atom is -0.272 e. The third-order valence-corrected chi connectivity index (χ3v) is 3.09. The molecule has 0 atom stereocenters. The summed E-state index contributed by atoms with van der Waals surface area (Å²) < 4.78 is 1.25. The summed E-state index contributed by atoms with van der Waals surface area (Å²) in [6.45, 7) is 0. The predicted octanol–water partition coefficient (Wildman–Crippen LogP) is 2.22. The van der Waals surface area contributed by atoms with Gasteiger partial charge in [-0.25, -0.2) is 0 Å². The molecule has 1 aromatic heterocycles. The number of carbonyl (C=O) groups excluding carboxylic acids is 1. The number of hydrogen-bond acceptors (Lipinski definition) is 5. The second-order valence-electron chi connectivity index (χ2n) is 4.48. The average molecular weight is 282 g/mol. The molecule has 0 N–H and O–H groups in total. The number of nitrogens with zero attached hydrogens (tertiary/aromatic N) is 4. The summed E-state index contributed by atoms with van der Waals surface area (Å²) in [6.07, 6.45) is 0.103. The number of fused-ring (bicyclic) bond motifs is 1. The second-order valence-corrected chi connectivity index (χ2v) is 4.48. The topological polar surface area (TPSA) is 90.9 Å². The maximum atomic E-state index is 12.2. The summed E-state index contributed by atoms with van der Waals surface area (Å²) in [6, 6.07) is 13.1. The van der Waals surface area contributed by atoms with Crippen LogP contribution in [0.15, 0.2) is 48.5 Å². The highest BCUT2D eigenvalue weighted by Gasteiger charge is 2.13. The summed E-state index contributed by atoms with van der Waals surface area (Å²) in [5.74, 6) is -0.238. The number of nitro benzene ring substituents is 1. The molecule has 0 radical (unpaired) electrons. The van der Waals surface area contributed by atoms with E-state index in [0.29, 0.717) is 16.6 Å². The van der Waals surface area contributed by atoms with Gasteiger partial charge in [-0.15, -0.1) is 5.10 Å². The number of benzene rings is 2. The van der Waals surface area contributed by atoms with E-state index in [1.54, 1.807) is 30.3 Å². The third kappa shape index (κ3) is 2.48. The van der Waals surface area contributed by atoms with E-state index in [9.17, 15) is 14.9 Å². The fourth-order valence-corrected chi connectivity index (χ4v) is 2.04. The Hall–Kier alpha value is -3.09. The molecule has 0 saturated heterocycles. The largest absolute Gasteiger partial charge is 0.272 e. The van der Waals surface area contributed by atoms with Crippen molar-refractivity contribution in [2.75, 3.05) is 0 Å². The van der Waals surface area contributed by atoms with Gasteiger partial charge in [0.15, 0.2) is 0 Å². The van der Waals surface area contributed by atoms with Crippen LogP contribution in [-0.2, 0) is 6.42 Å². The van der Waals surface area contributed by atoms with Crippen LogP contribution in [0.2, 0.25) is 0 Å². The van der Waals surface area contributed by atoms with E-state index in [4.69, 9.17) is 0 Å². The first-order chi connectivity index (χ1) is 10.1. The van der Waals surface area contributed by atoms with Crippen LogP contribution in [-0.4, -0.2) is 25.8 Å². The van der Waals surface area contributed by atoms with Gasteiger partial charge in [-0.1, -0.05) is 29.5 Å². The van der Waals surface area contributed by atoms with E-state index in [2.05, 4.69) is 10.3 Å². The van der Waals surface area contributed by atoms with Crippen molar-refractivity contribution in [2.24, 2.45) is 0 Å². The fourth-order valence-electron chi connectivity index (χ4n) is 2.04. The maximum Gasteiger partial charge on any atom is 0.269 e. The highest BCUT2D eigenvalue weighted by molar-refractivity contribution is 5.89. The van der Waals surface area contributed by atoms with Gasteiger partial charge in [0.1, 0.15) is 5.52 Å². The standard InChI is InChI=1S/C14H10N4O3/c19-14(9-10-5-7-11(8-6-10)18(20)21)17-13-4-2-1-3-12(13)15-16-17/h1-8H,9H2. The summed E-state index contributed by atoms with van der Waals surface area (Å²) in [7, 11) is 0. The molecule has 0 aliphatic carbocycles. The van der Waals surface area contributed by atoms with Crippen molar-refractivity contribution in [1.82, 2.24) is 15.0 Å². The van der Waals surface area contributed by atoms with Crippen LogP contribution in [0, 0.1) is 10.1 Å². The van der Waals surface area contributed by atoms with Crippen LogP contribution in [0.5, 0.6) is 0 Å². The Labute approximate surface area is 119 Å². The van der Waals surface area contributed by atoms with E-state index in [1.165, 1.54) is 16.8 Å². The lowest BCUT2D eigenvalue weighted by Crippen LogP contribution is -2.15. The van der Waals surface area contributed by atoms with Crippen molar-refractivity contribution in [3.05, 3.63) is 64.2 Å². The molecule has 0 amide bonds. The smallest absolute Gasteiger partial charge is 0.269 e. The Morgan fingerprint density at radius 1 is 1.14 bits per heavy atom. The van der Waals surface area contributed by atoms with Gasteiger partial charge in [-0.2, -0.15) is 4.68 Å². The number of hydrogen-bond donors (Lipinski definition) is 0. The van der Waals surface area contributed by atoms with Gasteiger partial charge >= 0.3 is 0 Å². The van der Waals surface area contributed by atoms with Crippen LogP contribution < -0.4 is 0 Å². The van der Waals surface area contributed by atoms with Crippen LogP contribution in [0.4, 0.5) is 5.69 Å². The number of aromatic nitrogens is 3. The van der Waals surface area contributed by atoms with Gasteiger partial charge in [0.25, 0.3) is 11.6 Å². The summed E-state index contributed by atoms with van der Waals surface area (Å²) in [5, 5.41) is 18.4. The molecule has 7 nitrogen and oxygen atoms in total. The second kappa shape index (κ2) is 5.12. The zero-order chi connectivity index (χ0) is 14.8. The SMILES string of the molecule is O=C(Cc1ccc([N+](=O)[O-])cc1)n1nnc2ccccc21. The Kier molecular flexibility index (Phi) is 3.15. The molecule has 0 bridgehead atoms. The molecule has 0 spiro atoms. The van der Waals surface area contributed by atoms with Gasteiger partial charge in [-0.3, -0.25) is 14.9 Å². The minimum absolute atomic E-state index is 0.00240. The van der Waals surface area contributed by atoms with Crippen LogP contribution in [0.3, 0.4) is 0 Å². The molecule has 0 fully saturated rings. The van der Waals surface area contributed by atoms with Crippen molar-refractivity contribution in [3.63, 3.8) is 0 Å². The van der Waals surface area contributed by atoms with Crippen LogP contribution in [0.1, 0.15) is 10.4 Å². The van der Waals surface area contributed by atoms with Gasteiger partial charge in [0.05, 0.1) is 16.9 Å². The quantitative estimate of drug-likeness (QED) is 0.542. The molecule has 0 aliphatic heterocycles. The molecule has 21 heavy (non-hydrogen) atoms. The average Bonchev–Trinajstić information content (AvgIpc) is 2.92. The summed E-state index contributed by atoms with van der Waals surface area (Å²) in [5.41, 5.74) is 1.97. The molecule has 104 valence electrons. The molecular weight excluding hydrogens is 272 g/mol. The Morgan fingerprint density at radius 3 is 2.57 bits per heavy atom. The monoisotopic (exact) mass is 282 g/mol. The number of rotatable bonds is 3. The van der Waals surface area contributed by atoms with Crippen molar-refractivity contribution < 1.29 is 9.72 Å². The third-order valence-electron chi connectivity index (χ3n) is 3.09. The molecule has 3 aromatic rings. The van der Waals surface area contributed by atoms with E-state index < -0.39 is 4.92 Å². The Balaban J connectivity index is 1.84. The normalized spacial score (nSPS) is 10.7. The highest BCUT2D eigenvalue weighted by atomic mass is 16.6. The zero-order valence-corrected chi connectivity index (χ0v) is 10.8. The molecule has 3 rings (SSSR count). The molecule has 2 aromatic carbocycles. The van der Waals surface area contributed by atoms with Gasteiger partial charge in [0.2, 0.25) is 0 Å². The summed E-state index contributed by atoms with van der Waals surface area (Å²) in [4.78, 5) is 22.3. The highest BCUT2D eigenvalue weighted by Crippen LogP contribution is 2.14. The van der Waals surface area contributed by atoms with Crippen molar-refractivity contribution in [2.45, 2.75) is 6.42 Å². The first-order valence-electron chi connectivity index (χ1n) is 6.22. The van der Waals surface area contributed by atoms with Gasteiger partial charge in [0, 0.05) is 12.1 Å². The fraction of sp³-hybridized carbons (Fsp3) is 0.0714. The molecule has 1 heterocycles. The first-order valence-corrected chi connectivity index (χ1v) is 6.22. The minimum atomic E-state index is -0.476. The number of nitro groups is 1. The van der Waals surface area contributed by atoms with Crippen molar-refractivity contribution >= 4 is 22.6 Å². The molecular formula is C14H10N4O3. The number of carbonyl (C=O) groups is 1. The molecule has 7 heteroatoms. The Morgan fingerprint density at radius 2 is 1.86 bits per heavy atom. The summed E-state index contributed by atoms with van der Waals surface area (Å²) >= 11 is 0. The van der Waals surface area contributed by atoms with Crippen molar-refractivity contribution in [3.8, 4) is 0 Å². The Bertz CT molecular complexity index is 824. The maximum absolute atomic E-state index is 12.2. The van der Waals surface area contributed by atoms with E-state index in [-0.39, 0.29) is 18.0 Å². The molecule has 0 unspecified atom stereocenters. The first kappa shape index (κ1) is 12.9. The van der Waals surface area contributed by atoms with Gasteiger partial charge < -0.3 is 0 Å². The lowest BCUT2D eigenvalue weighted by atomic mass is 10.1. The molecule has 0 saturated carbocycles. The van der Waals surface area contributed by atoms with Crippen LogP contribution >= 0.6 is 0 Å².